The van der Waals surface area contributed by atoms with Gasteiger partial charge in [0.1, 0.15) is 11.6 Å². The van der Waals surface area contributed by atoms with Crippen molar-refractivity contribution in [3.05, 3.63) is 16.6 Å². The second kappa shape index (κ2) is 16.6. The molecule has 0 radical (unpaired) electrons. The normalized spacial score (nSPS) is 18.3. The van der Waals surface area contributed by atoms with Gasteiger partial charge in [0.15, 0.2) is 0 Å². The Bertz CT molecular complexity index is 969. The fraction of sp³-hybridized carbons (Fsp3) is 0.806. The maximum atomic E-state index is 13.7. The highest BCUT2D eigenvalue weighted by Gasteiger charge is 2.38. The molecular weight excluding hydrogens is 556 g/mol. The van der Waals surface area contributed by atoms with Gasteiger partial charge in [-0.1, -0.05) is 52.4 Å². The summed E-state index contributed by atoms with van der Waals surface area (Å²) >= 11 is 1.39. The van der Waals surface area contributed by atoms with Crippen molar-refractivity contribution in [3.8, 4) is 0 Å². The molecule has 11 heteroatoms. The van der Waals surface area contributed by atoms with Crippen LogP contribution in [0.4, 0.5) is 4.79 Å². The van der Waals surface area contributed by atoms with Crippen LogP contribution in [0.25, 0.3) is 0 Å². The number of thiazole rings is 1. The molecule has 0 saturated heterocycles. The summed E-state index contributed by atoms with van der Waals surface area (Å²) in [4.78, 5) is 43.8. The number of aliphatic hydroxyl groups excluding tert-OH is 1. The van der Waals surface area contributed by atoms with E-state index in [2.05, 4.69) is 20.9 Å². The summed E-state index contributed by atoms with van der Waals surface area (Å²) in [6.07, 6.45) is 5.13. The zero-order valence-electron chi connectivity index (χ0n) is 26.6. The third-order valence-corrected chi connectivity index (χ3v) is 8.61. The summed E-state index contributed by atoms with van der Waals surface area (Å²) in [5.74, 6) is -1.07. The lowest BCUT2D eigenvalue weighted by atomic mass is 9.80. The van der Waals surface area contributed by atoms with Crippen molar-refractivity contribution in [3.63, 3.8) is 0 Å². The van der Waals surface area contributed by atoms with Crippen molar-refractivity contribution in [2.75, 3.05) is 6.54 Å². The van der Waals surface area contributed by atoms with Gasteiger partial charge in [-0.2, -0.15) is 0 Å². The summed E-state index contributed by atoms with van der Waals surface area (Å²) in [7, 11) is 0. The fourth-order valence-corrected chi connectivity index (χ4v) is 5.82. The molecule has 0 aromatic carbocycles. The summed E-state index contributed by atoms with van der Waals surface area (Å²) in [6, 6.07) is -1.65. The molecule has 1 heterocycles. The van der Waals surface area contributed by atoms with Gasteiger partial charge in [-0.3, -0.25) is 9.59 Å². The number of ether oxygens (including phenoxy) is 1. The van der Waals surface area contributed by atoms with Gasteiger partial charge >= 0.3 is 6.09 Å². The molecule has 5 atom stereocenters. The minimum atomic E-state index is -1.38. The summed E-state index contributed by atoms with van der Waals surface area (Å²) in [6.45, 7) is 12.9. The molecule has 240 valence electrons. The topological polar surface area (TPSA) is 150 Å². The Kier molecular flexibility index (Phi) is 14.2. The van der Waals surface area contributed by atoms with Crippen LogP contribution in [-0.4, -0.2) is 69.0 Å². The molecule has 1 aromatic heterocycles. The minimum Gasteiger partial charge on any atom is -0.444 e. The van der Waals surface area contributed by atoms with Gasteiger partial charge in [0.05, 0.1) is 34.9 Å². The van der Waals surface area contributed by atoms with Gasteiger partial charge < -0.3 is 30.9 Å². The number of hydrogen-bond acceptors (Lipinski definition) is 8. The van der Waals surface area contributed by atoms with Crippen molar-refractivity contribution < 1.29 is 29.3 Å². The minimum absolute atomic E-state index is 0.0241. The molecule has 0 bridgehead atoms. The van der Waals surface area contributed by atoms with Crippen molar-refractivity contribution in [2.45, 2.75) is 136 Å². The number of alkyl carbamates (subject to hydrolysis) is 1. The van der Waals surface area contributed by atoms with Crippen LogP contribution in [0.15, 0.2) is 10.9 Å². The number of hydrogen-bond donors (Lipinski definition) is 5. The zero-order valence-corrected chi connectivity index (χ0v) is 27.4. The van der Waals surface area contributed by atoms with Gasteiger partial charge in [-0.15, -0.1) is 11.3 Å². The number of rotatable bonds is 15. The summed E-state index contributed by atoms with van der Waals surface area (Å²) in [5.41, 5.74) is 0.190. The predicted octanol–water partition coefficient (Wildman–Crippen LogP) is 4.33. The van der Waals surface area contributed by atoms with Gasteiger partial charge in [-0.25, -0.2) is 9.78 Å². The van der Waals surface area contributed by atoms with Crippen LogP contribution in [0.3, 0.4) is 0 Å². The van der Waals surface area contributed by atoms with Gasteiger partial charge in [0.25, 0.3) is 0 Å². The molecule has 3 amide bonds. The van der Waals surface area contributed by atoms with Crippen LogP contribution in [0, 0.1) is 17.8 Å². The van der Waals surface area contributed by atoms with E-state index in [1.807, 2.05) is 19.2 Å². The van der Waals surface area contributed by atoms with Crippen LogP contribution in [0.2, 0.25) is 0 Å². The van der Waals surface area contributed by atoms with E-state index < -0.39 is 47.3 Å². The van der Waals surface area contributed by atoms with Crippen LogP contribution in [-0.2, 0) is 20.7 Å². The van der Waals surface area contributed by atoms with Crippen LogP contribution in [0.1, 0.15) is 106 Å². The first kappa shape index (κ1) is 36.0. The Hall–Kier alpha value is -2.24. The molecule has 1 fully saturated rings. The van der Waals surface area contributed by atoms with E-state index in [0.717, 1.165) is 32.1 Å². The number of nitrogens with zero attached hydrogens (tertiary/aromatic N) is 1. The summed E-state index contributed by atoms with van der Waals surface area (Å²) < 4.78 is 5.41. The van der Waals surface area contributed by atoms with Crippen LogP contribution < -0.4 is 16.0 Å². The summed E-state index contributed by atoms with van der Waals surface area (Å²) in [5, 5.41) is 32.9. The van der Waals surface area contributed by atoms with Gasteiger partial charge in [-0.05, 0) is 59.3 Å². The number of aliphatic hydroxyl groups is 2. The Labute approximate surface area is 255 Å². The molecule has 0 spiro atoms. The maximum absolute atomic E-state index is 13.7. The van der Waals surface area contributed by atoms with Crippen molar-refractivity contribution in [1.29, 1.82) is 0 Å². The zero-order chi connectivity index (χ0) is 31.5. The largest absolute Gasteiger partial charge is 0.444 e. The standard InChI is InChI=1S/C31H54N4O6S/c1-8-20(2)17-32-27(37)23(31(6,7)40)16-26(36)24(14-21-12-10-9-11-13-21)34-28(38)25(15-22-18-42-19-33-22)35-29(39)41-30(3,4)5/h18-21,23-26,36,40H,8-17H2,1-7H3,(H,32,37)(H,34,38)(H,35,39)/t20-,23+,24-,25-,26-/m0/s1. The van der Waals surface area contributed by atoms with Crippen LogP contribution in [0.5, 0.6) is 0 Å². The molecule has 0 aliphatic heterocycles. The SMILES string of the molecule is CC[C@H](C)CNC(=O)[C@@H](C[C@H](O)[C@H](CC1CCCCC1)NC(=O)[C@H](Cc1cscn1)NC(=O)OC(C)(C)C)C(C)(C)O. The number of nitrogens with one attached hydrogen (secondary N) is 3. The number of carbonyl (C=O) groups excluding carboxylic acids is 3. The molecule has 10 nitrogen and oxygen atoms in total. The van der Waals surface area contributed by atoms with E-state index >= 15 is 0 Å². The highest BCUT2D eigenvalue weighted by Crippen LogP contribution is 2.30. The number of aromatic nitrogens is 1. The first-order valence-electron chi connectivity index (χ1n) is 15.4. The predicted molar refractivity (Wildman–Crippen MR) is 165 cm³/mol. The highest BCUT2D eigenvalue weighted by atomic mass is 32.1. The van der Waals surface area contributed by atoms with Gasteiger partial charge in [0, 0.05) is 18.3 Å². The second-order valence-corrected chi connectivity index (χ2v) is 14.2. The lowest BCUT2D eigenvalue weighted by molar-refractivity contribution is -0.135. The quantitative estimate of drug-likeness (QED) is 0.198. The van der Waals surface area contributed by atoms with E-state index in [0.29, 0.717) is 24.6 Å². The average Bonchev–Trinajstić information content (AvgIpc) is 3.41. The molecule has 2 rings (SSSR count). The molecular formula is C31H54N4O6S. The van der Waals surface area contributed by atoms with E-state index in [-0.39, 0.29) is 24.7 Å². The average molecular weight is 611 g/mol. The van der Waals surface area contributed by atoms with Crippen LogP contribution >= 0.6 is 11.3 Å². The molecule has 1 aliphatic carbocycles. The number of amides is 3. The van der Waals surface area contributed by atoms with E-state index in [4.69, 9.17) is 4.74 Å². The van der Waals surface area contributed by atoms with E-state index in [1.165, 1.54) is 17.8 Å². The first-order chi connectivity index (χ1) is 19.6. The second-order valence-electron chi connectivity index (χ2n) is 13.5. The lowest BCUT2D eigenvalue weighted by Gasteiger charge is -2.35. The van der Waals surface area contributed by atoms with Crippen molar-refractivity contribution in [2.24, 2.45) is 17.8 Å². The lowest BCUT2D eigenvalue weighted by Crippen LogP contribution is -2.55. The Morgan fingerprint density at radius 2 is 1.76 bits per heavy atom. The van der Waals surface area contributed by atoms with Crippen molar-refractivity contribution >= 4 is 29.2 Å². The fourth-order valence-electron chi connectivity index (χ4n) is 5.25. The Balaban J connectivity index is 2.26. The highest BCUT2D eigenvalue weighted by molar-refractivity contribution is 7.07. The molecule has 1 saturated carbocycles. The van der Waals surface area contributed by atoms with E-state index in [9.17, 15) is 24.6 Å². The molecule has 1 aromatic rings. The van der Waals surface area contributed by atoms with Crippen molar-refractivity contribution in [1.82, 2.24) is 20.9 Å². The first-order valence-corrected chi connectivity index (χ1v) is 16.4. The van der Waals surface area contributed by atoms with E-state index in [1.54, 1.807) is 40.1 Å². The third kappa shape index (κ3) is 13.0. The molecule has 0 unspecified atom stereocenters. The third-order valence-electron chi connectivity index (χ3n) is 7.98. The smallest absolute Gasteiger partial charge is 0.408 e. The molecule has 5 N–H and O–H groups in total. The Morgan fingerprint density at radius 3 is 2.31 bits per heavy atom. The van der Waals surface area contributed by atoms with Gasteiger partial charge in [0.2, 0.25) is 11.8 Å². The Morgan fingerprint density at radius 1 is 1.10 bits per heavy atom. The molecule has 1 aliphatic rings. The molecule has 42 heavy (non-hydrogen) atoms. The monoisotopic (exact) mass is 610 g/mol. The number of carbonyl (C=O) groups is 3. The maximum Gasteiger partial charge on any atom is 0.408 e.